The molecule has 168 valence electrons. The van der Waals surface area contributed by atoms with Crippen molar-refractivity contribution in [3.05, 3.63) is 98.9 Å². The van der Waals surface area contributed by atoms with Gasteiger partial charge >= 0.3 is 0 Å². The van der Waals surface area contributed by atoms with Gasteiger partial charge in [-0.05, 0) is 65.9 Å². The molecule has 0 spiro atoms. The second-order valence-corrected chi connectivity index (χ2v) is 8.95. The molecule has 0 radical (unpaired) electrons. The van der Waals surface area contributed by atoms with Crippen LogP contribution in [-0.2, 0) is 11.4 Å². The first-order valence-electron chi connectivity index (χ1n) is 10.1. The van der Waals surface area contributed by atoms with Crippen LogP contribution in [-0.4, -0.2) is 29.2 Å². The van der Waals surface area contributed by atoms with Crippen LogP contribution < -0.4 is 9.47 Å². The van der Waals surface area contributed by atoms with Crippen molar-refractivity contribution >= 4 is 52.2 Å². The summed E-state index contributed by atoms with van der Waals surface area (Å²) in [6.07, 6.45) is 1.68. The largest absolute Gasteiger partial charge is 0.492 e. The molecule has 3 aromatic carbocycles. The van der Waals surface area contributed by atoms with Crippen LogP contribution in [0, 0.1) is 0 Å². The minimum Gasteiger partial charge on any atom is -0.492 e. The van der Waals surface area contributed by atoms with E-state index >= 15 is 0 Å². The van der Waals surface area contributed by atoms with E-state index in [0.29, 0.717) is 33.1 Å². The lowest BCUT2D eigenvalue weighted by atomic mass is 10.1. The van der Waals surface area contributed by atoms with E-state index in [1.807, 2.05) is 36.4 Å². The molecule has 4 rings (SSSR count). The number of nitrogens with zero attached hydrogens (tertiary/aromatic N) is 1. The van der Waals surface area contributed by atoms with E-state index in [1.165, 1.54) is 4.90 Å². The number of para-hydroxylation sites is 1. The Kier molecular flexibility index (Phi) is 7.60. The molecular weight excluding hydrogens is 481 g/mol. The number of hydrogen-bond acceptors (Lipinski definition) is 5. The lowest BCUT2D eigenvalue weighted by Gasteiger charge is -2.13. The van der Waals surface area contributed by atoms with Crippen LogP contribution in [0.2, 0.25) is 10.0 Å². The molecule has 0 atom stereocenters. The molecule has 0 aromatic heterocycles. The maximum atomic E-state index is 12.8. The second-order valence-electron chi connectivity index (χ2n) is 7.09. The molecule has 2 amide bonds. The van der Waals surface area contributed by atoms with Gasteiger partial charge in [0.2, 0.25) is 0 Å². The highest BCUT2D eigenvalue weighted by molar-refractivity contribution is 8.18. The Morgan fingerprint density at radius 3 is 2.24 bits per heavy atom. The molecule has 0 bridgehead atoms. The summed E-state index contributed by atoms with van der Waals surface area (Å²) in [5.74, 6) is 0.885. The number of benzene rings is 3. The van der Waals surface area contributed by atoms with Crippen LogP contribution in [0.1, 0.15) is 11.1 Å². The minimum atomic E-state index is -0.350. The molecule has 1 fully saturated rings. The highest BCUT2D eigenvalue weighted by atomic mass is 35.5. The van der Waals surface area contributed by atoms with Crippen molar-refractivity contribution in [2.45, 2.75) is 6.61 Å². The van der Waals surface area contributed by atoms with Gasteiger partial charge in [-0.1, -0.05) is 53.5 Å². The van der Waals surface area contributed by atoms with E-state index in [-0.39, 0.29) is 24.3 Å². The highest BCUT2D eigenvalue weighted by Crippen LogP contribution is 2.34. The number of amides is 2. The maximum Gasteiger partial charge on any atom is 0.293 e. The number of carbonyl (C=O) groups is 2. The summed E-state index contributed by atoms with van der Waals surface area (Å²) in [5.41, 5.74) is 1.68. The molecule has 1 aliphatic rings. The highest BCUT2D eigenvalue weighted by Gasteiger charge is 2.35. The fourth-order valence-electron chi connectivity index (χ4n) is 3.09. The van der Waals surface area contributed by atoms with Crippen LogP contribution in [0.25, 0.3) is 6.08 Å². The predicted molar refractivity (Wildman–Crippen MR) is 132 cm³/mol. The first-order valence-corrected chi connectivity index (χ1v) is 11.7. The fraction of sp³-hybridized carbons (Fsp3) is 0.120. The zero-order valence-corrected chi connectivity index (χ0v) is 19.7. The van der Waals surface area contributed by atoms with Gasteiger partial charge in [0.1, 0.15) is 24.7 Å². The van der Waals surface area contributed by atoms with Gasteiger partial charge in [0.15, 0.2) is 0 Å². The van der Waals surface area contributed by atoms with Crippen LogP contribution >= 0.6 is 35.0 Å². The number of rotatable bonds is 8. The third kappa shape index (κ3) is 6.11. The third-order valence-corrected chi connectivity index (χ3v) is 6.20. The predicted octanol–water partition coefficient (Wildman–Crippen LogP) is 6.69. The van der Waals surface area contributed by atoms with E-state index < -0.39 is 0 Å². The molecule has 0 saturated carbocycles. The Labute approximate surface area is 205 Å². The van der Waals surface area contributed by atoms with Crippen molar-refractivity contribution < 1.29 is 19.1 Å². The smallest absolute Gasteiger partial charge is 0.293 e. The van der Waals surface area contributed by atoms with Crippen molar-refractivity contribution in [2.24, 2.45) is 0 Å². The van der Waals surface area contributed by atoms with Crippen molar-refractivity contribution in [1.29, 1.82) is 0 Å². The number of ether oxygens (including phenoxy) is 2. The standard InChI is InChI=1S/C25H19Cl2NO4S/c26-19-7-5-17(6-8-19)16-32-22-4-2-1-3-18(22)15-23-24(29)28(25(30)33-23)13-14-31-21-11-9-20(27)10-12-21/h1-12,15H,13-14,16H2/b23-15-. The van der Waals surface area contributed by atoms with Gasteiger partial charge < -0.3 is 9.47 Å². The fourth-order valence-corrected chi connectivity index (χ4v) is 4.20. The van der Waals surface area contributed by atoms with E-state index in [2.05, 4.69) is 0 Å². The van der Waals surface area contributed by atoms with E-state index in [1.54, 1.807) is 42.5 Å². The monoisotopic (exact) mass is 499 g/mol. The Morgan fingerprint density at radius 2 is 1.52 bits per heavy atom. The topological polar surface area (TPSA) is 55.8 Å². The lowest BCUT2D eigenvalue weighted by Crippen LogP contribution is -2.32. The number of halogens is 2. The number of thioether (sulfide) groups is 1. The molecule has 5 nitrogen and oxygen atoms in total. The summed E-state index contributed by atoms with van der Waals surface area (Å²) in [6.45, 7) is 0.693. The normalized spacial score (nSPS) is 14.7. The molecule has 0 unspecified atom stereocenters. The Bertz CT molecular complexity index is 1180. The molecule has 33 heavy (non-hydrogen) atoms. The van der Waals surface area contributed by atoms with Gasteiger partial charge in [0.05, 0.1) is 11.4 Å². The number of imide groups is 1. The number of carbonyl (C=O) groups excluding carboxylic acids is 2. The first kappa shape index (κ1) is 23.2. The molecule has 1 heterocycles. The zero-order chi connectivity index (χ0) is 23.2. The average Bonchev–Trinajstić information content (AvgIpc) is 3.08. The summed E-state index contributed by atoms with van der Waals surface area (Å²) in [7, 11) is 0. The Hall–Kier alpha value is -2.93. The summed E-state index contributed by atoms with van der Waals surface area (Å²) < 4.78 is 11.6. The summed E-state index contributed by atoms with van der Waals surface area (Å²) >= 11 is 12.7. The molecule has 0 N–H and O–H groups in total. The average molecular weight is 500 g/mol. The first-order chi connectivity index (χ1) is 16.0. The quantitative estimate of drug-likeness (QED) is 0.323. The summed E-state index contributed by atoms with van der Waals surface area (Å²) in [4.78, 5) is 26.8. The molecular formula is C25H19Cl2NO4S. The van der Waals surface area contributed by atoms with Crippen LogP contribution in [0.5, 0.6) is 11.5 Å². The Balaban J connectivity index is 1.40. The molecule has 1 saturated heterocycles. The van der Waals surface area contributed by atoms with Crippen LogP contribution in [0.15, 0.2) is 77.7 Å². The van der Waals surface area contributed by atoms with E-state index in [9.17, 15) is 9.59 Å². The molecule has 0 aliphatic carbocycles. The molecule has 3 aromatic rings. The number of hydrogen-bond donors (Lipinski definition) is 0. The van der Waals surface area contributed by atoms with Gasteiger partial charge in [-0.15, -0.1) is 0 Å². The minimum absolute atomic E-state index is 0.152. The molecule has 8 heteroatoms. The SMILES string of the molecule is O=C1S/C(=C\c2ccccc2OCc2ccc(Cl)cc2)C(=O)N1CCOc1ccc(Cl)cc1. The van der Waals surface area contributed by atoms with Gasteiger partial charge in [0.25, 0.3) is 11.1 Å². The maximum absolute atomic E-state index is 12.8. The lowest BCUT2D eigenvalue weighted by molar-refractivity contribution is -0.123. The van der Waals surface area contributed by atoms with Gasteiger partial charge in [-0.3, -0.25) is 14.5 Å². The van der Waals surface area contributed by atoms with Crippen molar-refractivity contribution in [1.82, 2.24) is 4.90 Å². The van der Waals surface area contributed by atoms with Gasteiger partial charge in [0, 0.05) is 15.6 Å². The third-order valence-electron chi connectivity index (χ3n) is 4.78. The van der Waals surface area contributed by atoms with Crippen molar-refractivity contribution in [2.75, 3.05) is 13.2 Å². The summed E-state index contributed by atoms with van der Waals surface area (Å²) in [6, 6.07) is 21.7. The van der Waals surface area contributed by atoms with E-state index in [0.717, 1.165) is 22.9 Å². The zero-order valence-electron chi connectivity index (χ0n) is 17.4. The van der Waals surface area contributed by atoms with E-state index in [4.69, 9.17) is 32.7 Å². The van der Waals surface area contributed by atoms with Crippen molar-refractivity contribution in [3.63, 3.8) is 0 Å². The Morgan fingerprint density at radius 1 is 0.848 bits per heavy atom. The van der Waals surface area contributed by atoms with Crippen LogP contribution in [0.3, 0.4) is 0 Å². The summed E-state index contributed by atoms with van der Waals surface area (Å²) in [5, 5.41) is 0.940. The van der Waals surface area contributed by atoms with Crippen LogP contribution in [0.4, 0.5) is 4.79 Å². The van der Waals surface area contributed by atoms with Gasteiger partial charge in [-0.25, -0.2) is 0 Å². The van der Waals surface area contributed by atoms with Gasteiger partial charge in [-0.2, -0.15) is 0 Å². The molecule has 1 aliphatic heterocycles. The second kappa shape index (κ2) is 10.8. The van der Waals surface area contributed by atoms with Crippen molar-refractivity contribution in [3.8, 4) is 11.5 Å².